The van der Waals surface area contributed by atoms with E-state index in [1.54, 1.807) is 26.0 Å². The number of amides is 4. The molecule has 14 nitrogen and oxygen atoms in total. The lowest BCUT2D eigenvalue weighted by Crippen LogP contribution is -2.35. The van der Waals surface area contributed by atoms with Crippen molar-refractivity contribution in [3.8, 4) is 0 Å². The molecule has 4 amide bonds. The number of benzene rings is 4. The van der Waals surface area contributed by atoms with Crippen LogP contribution in [0.2, 0.25) is 0 Å². The van der Waals surface area contributed by atoms with Crippen molar-refractivity contribution in [1.82, 2.24) is 9.44 Å². The van der Waals surface area contributed by atoms with Crippen LogP contribution in [0.3, 0.4) is 0 Å². The Morgan fingerprint density at radius 3 is 1.28 bits per heavy atom. The minimum Gasteiger partial charge on any atom is -0.478 e. The molecule has 6 N–H and O–H groups in total. The second-order valence-electron chi connectivity index (χ2n) is 10.2. The van der Waals surface area contributed by atoms with E-state index in [9.17, 15) is 46.2 Å². The van der Waals surface area contributed by atoms with Crippen molar-refractivity contribution in [2.45, 2.75) is 30.1 Å². The monoisotopic (exact) mass is 680 g/mol. The van der Waals surface area contributed by atoms with E-state index < -0.39 is 50.5 Å². The summed E-state index contributed by atoms with van der Waals surface area (Å²) in [6, 6.07) is 16.5. The Morgan fingerprint density at radius 2 is 0.936 bits per heavy atom. The van der Waals surface area contributed by atoms with Crippen LogP contribution in [0.25, 0.3) is 0 Å². The van der Waals surface area contributed by atoms with Gasteiger partial charge in [0.25, 0.3) is 20.0 Å². The molecular formula is C31H28N4O10S2. The predicted octanol–water partition coefficient (Wildman–Crippen LogP) is 4.31. The van der Waals surface area contributed by atoms with Gasteiger partial charge in [0.2, 0.25) is 0 Å². The second kappa shape index (κ2) is 13.7. The number of urea groups is 2. The highest BCUT2D eigenvalue weighted by molar-refractivity contribution is 7.90. The van der Waals surface area contributed by atoms with Crippen molar-refractivity contribution in [2.24, 2.45) is 0 Å². The van der Waals surface area contributed by atoms with Crippen molar-refractivity contribution in [3.63, 3.8) is 0 Å². The zero-order valence-electron chi connectivity index (χ0n) is 24.8. The van der Waals surface area contributed by atoms with E-state index in [4.69, 9.17) is 0 Å². The third-order valence-corrected chi connectivity index (χ3v) is 9.37. The van der Waals surface area contributed by atoms with Gasteiger partial charge in [0.15, 0.2) is 0 Å². The molecule has 4 rings (SSSR count). The molecule has 0 saturated carbocycles. The van der Waals surface area contributed by atoms with Crippen LogP contribution in [0.5, 0.6) is 0 Å². The number of carboxylic acid groups (broad SMARTS) is 2. The summed E-state index contributed by atoms with van der Waals surface area (Å²) >= 11 is 0. The van der Waals surface area contributed by atoms with E-state index >= 15 is 0 Å². The van der Waals surface area contributed by atoms with Crippen molar-refractivity contribution in [2.75, 3.05) is 10.6 Å². The van der Waals surface area contributed by atoms with Gasteiger partial charge in [-0.25, -0.2) is 45.5 Å². The summed E-state index contributed by atoms with van der Waals surface area (Å²) in [6.45, 7) is 3.32. The normalized spacial score (nSPS) is 11.3. The quantitative estimate of drug-likeness (QED) is 0.139. The van der Waals surface area contributed by atoms with Crippen LogP contribution in [-0.2, 0) is 26.5 Å². The molecule has 0 radical (unpaired) electrons. The van der Waals surface area contributed by atoms with Gasteiger partial charge in [-0.05, 0) is 84.6 Å². The summed E-state index contributed by atoms with van der Waals surface area (Å²) in [4.78, 5) is 49.8. The Bertz CT molecular complexity index is 1980. The first kappa shape index (κ1) is 34.1. The number of aromatic carboxylic acids is 2. The van der Waals surface area contributed by atoms with Crippen LogP contribution in [0.1, 0.15) is 43.0 Å². The zero-order valence-corrected chi connectivity index (χ0v) is 26.4. The van der Waals surface area contributed by atoms with Gasteiger partial charge in [-0.2, -0.15) is 0 Å². The fourth-order valence-electron chi connectivity index (χ4n) is 4.59. The Morgan fingerprint density at radius 1 is 0.574 bits per heavy atom. The highest BCUT2D eigenvalue weighted by Crippen LogP contribution is 2.30. The number of rotatable bonds is 10. The summed E-state index contributed by atoms with van der Waals surface area (Å²) < 4.78 is 54.9. The molecule has 0 fully saturated rings. The fraction of sp³-hybridized carbons (Fsp3) is 0.0968. The van der Waals surface area contributed by atoms with Crippen molar-refractivity contribution >= 4 is 55.4 Å². The van der Waals surface area contributed by atoms with Gasteiger partial charge in [-0.3, -0.25) is 0 Å². The fourth-order valence-corrected chi connectivity index (χ4v) is 6.61. The molecule has 0 heterocycles. The average Bonchev–Trinajstić information content (AvgIpc) is 2.98. The number of carbonyl (C=O) groups is 4. The highest BCUT2D eigenvalue weighted by atomic mass is 32.2. The maximum atomic E-state index is 12.9. The van der Waals surface area contributed by atoms with Crippen LogP contribution in [0.4, 0.5) is 21.0 Å². The van der Waals surface area contributed by atoms with E-state index in [-0.39, 0.29) is 43.4 Å². The topological polar surface area (TPSA) is 225 Å². The Labute approximate surface area is 269 Å². The molecule has 0 unspecified atom stereocenters. The molecule has 0 spiro atoms. The van der Waals surface area contributed by atoms with Crippen LogP contribution >= 0.6 is 0 Å². The van der Waals surface area contributed by atoms with Gasteiger partial charge in [0, 0.05) is 17.8 Å². The van der Waals surface area contributed by atoms with E-state index in [2.05, 4.69) is 10.6 Å². The smallest absolute Gasteiger partial charge is 0.336 e. The molecule has 0 bridgehead atoms. The summed E-state index contributed by atoms with van der Waals surface area (Å²) in [5, 5.41) is 24.5. The maximum absolute atomic E-state index is 12.9. The largest absolute Gasteiger partial charge is 0.478 e. The molecule has 244 valence electrons. The first-order chi connectivity index (χ1) is 22.1. The van der Waals surface area contributed by atoms with E-state index in [1.165, 1.54) is 72.8 Å². The minimum atomic E-state index is -4.34. The molecule has 0 saturated heterocycles. The van der Waals surface area contributed by atoms with Gasteiger partial charge in [-0.15, -0.1) is 0 Å². The summed E-state index contributed by atoms with van der Waals surface area (Å²) in [5.74, 6) is -2.92. The predicted molar refractivity (Wildman–Crippen MR) is 171 cm³/mol. The third-order valence-electron chi connectivity index (χ3n) is 6.72. The standard InChI is InChI=1S/C31H28N4O10S2/c1-18-7-3-9-20(15-18)46(42,43)34-30(40)32-26-13-5-11-22(28(36)37)24(26)17-25-23(29(38)39)12-6-14-27(25)33-31(41)35-47(44,45)21-10-4-8-19(2)16-21/h3-16H,17H2,1-2H3,(H,36,37)(H,38,39)(H2,32,34,40)(H2,33,35,41). The summed E-state index contributed by atoms with van der Waals surface area (Å²) in [5.41, 5.74) is -0.163. The first-order valence-corrected chi connectivity index (χ1v) is 16.6. The van der Waals surface area contributed by atoms with E-state index in [0.29, 0.717) is 11.1 Å². The van der Waals surface area contributed by atoms with Crippen molar-refractivity contribution in [3.05, 3.63) is 118 Å². The van der Waals surface area contributed by atoms with Gasteiger partial charge in [0.05, 0.1) is 20.9 Å². The Hall–Kier alpha value is -5.74. The lowest BCUT2D eigenvalue weighted by molar-refractivity contribution is 0.0686. The van der Waals surface area contributed by atoms with E-state index in [1.807, 2.05) is 9.44 Å². The summed E-state index contributed by atoms with van der Waals surface area (Å²) in [7, 11) is -8.67. The summed E-state index contributed by atoms with van der Waals surface area (Å²) in [6.07, 6.45) is -0.522. The molecule has 4 aromatic carbocycles. The molecule has 47 heavy (non-hydrogen) atoms. The third kappa shape index (κ3) is 8.30. The Balaban J connectivity index is 1.68. The van der Waals surface area contributed by atoms with Crippen molar-refractivity contribution < 1.29 is 46.2 Å². The molecule has 0 aliphatic rings. The van der Waals surface area contributed by atoms with Gasteiger partial charge in [0.1, 0.15) is 0 Å². The lowest BCUT2D eigenvalue weighted by Gasteiger charge is -2.18. The SMILES string of the molecule is Cc1cccc(S(=O)(=O)NC(=O)Nc2cccc(C(=O)O)c2Cc2c(NC(=O)NS(=O)(=O)c3cccc(C)c3)cccc2C(=O)O)c1. The second-order valence-corrected chi connectivity index (χ2v) is 13.6. The first-order valence-electron chi connectivity index (χ1n) is 13.6. The highest BCUT2D eigenvalue weighted by Gasteiger charge is 2.25. The number of hydrogen-bond acceptors (Lipinski definition) is 8. The minimum absolute atomic E-state index is 0.146. The number of anilines is 2. The molecular weight excluding hydrogens is 652 g/mol. The number of carboxylic acids is 2. The number of nitrogens with one attached hydrogen (secondary N) is 4. The Kier molecular flexibility index (Phi) is 9.96. The van der Waals surface area contributed by atoms with Crippen molar-refractivity contribution in [1.29, 1.82) is 0 Å². The molecule has 4 aromatic rings. The lowest BCUT2D eigenvalue weighted by atomic mass is 9.93. The molecule has 0 aromatic heterocycles. The zero-order chi connectivity index (χ0) is 34.5. The van der Waals surface area contributed by atoms with Gasteiger partial charge < -0.3 is 20.8 Å². The molecule has 0 atom stereocenters. The number of carbonyl (C=O) groups excluding carboxylic acids is 2. The molecule has 0 aliphatic carbocycles. The van der Waals surface area contributed by atoms with Gasteiger partial charge >= 0.3 is 24.0 Å². The van der Waals surface area contributed by atoms with Crippen LogP contribution in [0, 0.1) is 13.8 Å². The number of sulfonamides is 2. The van der Waals surface area contributed by atoms with Crippen LogP contribution in [-0.4, -0.2) is 51.0 Å². The number of aryl methyl sites for hydroxylation is 2. The molecule has 16 heteroatoms. The maximum Gasteiger partial charge on any atom is 0.336 e. The number of hydrogen-bond donors (Lipinski definition) is 6. The van der Waals surface area contributed by atoms with E-state index in [0.717, 1.165) is 0 Å². The van der Waals surface area contributed by atoms with Crippen LogP contribution < -0.4 is 20.1 Å². The van der Waals surface area contributed by atoms with Crippen LogP contribution in [0.15, 0.2) is 94.7 Å². The average molecular weight is 681 g/mol. The molecule has 0 aliphatic heterocycles. The van der Waals surface area contributed by atoms with Gasteiger partial charge in [-0.1, -0.05) is 36.4 Å².